The van der Waals surface area contributed by atoms with Crippen molar-refractivity contribution in [3.8, 4) is 0 Å². The Balaban J connectivity index is 2.99. The number of rotatable bonds is 2. The average Bonchev–Trinajstić information content (AvgIpc) is 2.04. The molecular weight excluding hydrogens is 319 g/mol. The number of aliphatic hydroxyl groups is 1. The zero-order valence-corrected chi connectivity index (χ0v) is 9.59. The molecule has 0 saturated heterocycles. The molecule has 0 bridgehead atoms. The van der Waals surface area contributed by atoms with Gasteiger partial charge in [0.25, 0.3) is 0 Å². The van der Waals surface area contributed by atoms with E-state index in [1.807, 2.05) is 18.2 Å². The van der Waals surface area contributed by atoms with Crippen molar-refractivity contribution in [1.29, 1.82) is 0 Å². The highest BCUT2D eigenvalue weighted by Gasteiger charge is 1.98. The Labute approximate surface area is 88.1 Å². The van der Waals surface area contributed by atoms with Crippen LogP contribution in [0.1, 0.15) is 11.1 Å². The van der Waals surface area contributed by atoms with E-state index in [0.717, 1.165) is 10.9 Å². The molecule has 0 aromatic heterocycles. The standard InChI is InChI=1S/C8H8BrIO/c9-4-7-2-1-6(5-11)3-8(7)10/h1-3,11H,4-5H2. The summed E-state index contributed by atoms with van der Waals surface area (Å²) in [6.45, 7) is 0.124. The van der Waals surface area contributed by atoms with Crippen LogP contribution in [-0.2, 0) is 11.9 Å². The van der Waals surface area contributed by atoms with Crippen molar-refractivity contribution >= 4 is 38.5 Å². The first-order chi connectivity index (χ1) is 5.27. The summed E-state index contributed by atoms with van der Waals surface area (Å²) in [5.74, 6) is 0. The molecule has 0 aliphatic heterocycles. The Morgan fingerprint density at radius 3 is 2.64 bits per heavy atom. The third-order valence-corrected chi connectivity index (χ3v) is 3.05. The predicted octanol–water partition coefficient (Wildman–Crippen LogP) is 2.68. The van der Waals surface area contributed by atoms with Crippen molar-refractivity contribution in [1.82, 2.24) is 0 Å². The molecule has 0 unspecified atom stereocenters. The second-order valence-corrected chi connectivity index (χ2v) is 3.94. The van der Waals surface area contributed by atoms with Crippen molar-refractivity contribution in [3.05, 3.63) is 32.9 Å². The van der Waals surface area contributed by atoms with Crippen LogP contribution < -0.4 is 0 Å². The topological polar surface area (TPSA) is 20.2 Å². The van der Waals surface area contributed by atoms with Gasteiger partial charge in [-0.3, -0.25) is 0 Å². The van der Waals surface area contributed by atoms with Gasteiger partial charge < -0.3 is 5.11 Å². The van der Waals surface area contributed by atoms with E-state index in [1.54, 1.807) is 0 Å². The monoisotopic (exact) mass is 326 g/mol. The van der Waals surface area contributed by atoms with Gasteiger partial charge in [0.2, 0.25) is 0 Å². The smallest absolute Gasteiger partial charge is 0.0682 e. The average molecular weight is 327 g/mol. The summed E-state index contributed by atoms with van der Waals surface area (Å²) in [6, 6.07) is 5.97. The molecule has 1 N–H and O–H groups in total. The predicted molar refractivity (Wildman–Crippen MR) is 57.7 cm³/mol. The SMILES string of the molecule is OCc1ccc(CBr)c(I)c1. The first kappa shape index (κ1) is 9.48. The minimum atomic E-state index is 0.124. The van der Waals surface area contributed by atoms with Crippen LogP contribution in [0, 0.1) is 3.57 Å². The zero-order valence-electron chi connectivity index (χ0n) is 5.85. The van der Waals surface area contributed by atoms with Gasteiger partial charge in [-0.15, -0.1) is 0 Å². The summed E-state index contributed by atoms with van der Waals surface area (Å²) < 4.78 is 1.20. The quantitative estimate of drug-likeness (QED) is 0.654. The molecule has 1 aromatic carbocycles. The third kappa shape index (κ3) is 2.42. The molecule has 60 valence electrons. The summed E-state index contributed by atoms with van der Waals surface area (Å²) in [4.78, 5) is 0. The Morgan fingerprint density at radius 2 is 2.18 bits per heavy atom. The van der Waals surface area contributed by atoms with Crippen LogP contribution in [0.25, 0.3) is 0 Å². The lowest BCUT2D eigenvalue weighted by Gasteiger charge is -2.01. The first-order valence-electron chi connectivity index (χ1n) is 3.22. The Morgan fingerprint density at radius 1 is 1.45 bits per heavy atom. The highest BCUT2D eigenvalue weighted by atomic mass is 127. The van der Waals surface area contributed by atoms with Gasteiger partial charge in [-0.2, -0.15) is 0 Å². The zero-order chi connectivity index (χ0) is 8.27. The van der Waals surface area contributed by atoms with Crippen LogP contribution >= 0.6 is 38.5 Å². The van der Waals surface area contributed by atoms with Crippen LogP contribution in [-0.4, -0.2) is 5.11 Å². The molecule has 0 fully saturated rings. The summed E-state index contributed by atoms with van der Waals surface area (Å²) in [6.07, 6.45) is 0. The van der Waals surface area contributed by atoms with Gasteiger partial charge in [0.05, 0.1) is 6.61 Å². The van der Waals surface area contributed by atoms with E-state index in [0.29, 0.717) is 0 Å². The first-order valence-corrected chi connectivity index (χ1v) is 5.42. The third-order valence-electron chi connectivity index (χ3n) is 1.44. The fourth-order valence-electron chi connectivity index (χ4n) is 0.798. The molecule has 1 aromatic rings. The van der Waals surface area contributed by atoms with Crippen LogP contribution in [0.5, 0.6) is 0 Å². The number of benzene rings is 1. The van der Waals surface area contributed by atoms with Crippen LogP contribution in [0.4, 0.5) is 0 Å². The lowest BCUT2D eigenvalue weighted by molar-refractivity contribution is 0.282. The lowest BCUT2D eigenvalue weighted by atomic mass is 10.2. The molecule has 1 rings (SSSR count). The van der Waals surface area contributed by atoms with Gasteiger partial charge in [0.15, 0.2) is 0 Å². The van der Waals surface area contributed by atoms with E-state index in [9.17, 15) is 0 Å². The lowest BCUT2D eigenvalue weighted by Crippen LogP contribution is -1.88. The van der Waals surface area contributed by atoms with Crippen molar-refractivity contribution in [3.63, 3.8) is 0 Å². The highest BCUT2D eigenvalue weighted by molar-refractivity contribution is 14.1. The van der Waals surface area contributed by atoms with Crippen molar-refractivity contribution < 1.29 is 5.11 Å². The number of halogens is 2. The van der Waals surface area contributed by atoms with E-state index < -0.39 is 0 Å². The minimum absolute atomic E-state index is 0.124. The molecule has 0 saturated carbocycles. The molecule has 11 heavy (non-hydrogen) atoms. The number of hydrogen-bond donors (Lipinski definition) is 1. The molecule has 0 atom stereocenters. The maximum Gasteiger partial charge on any atom is 0.0682 e. The number of hydrogen-bond acceptors (Lipinski definition) is 1. The number of alkyl halides is 1. The van der Waals surface area contributed by atoms with Crippen molar-refractivity contribution in [2.45, 2.75) is 11.9 Å². The normalized spacial score (nSPS) is 10.1. The summed E-state index contributed by atoms with van der Waals surface area (Å²) in [7, 11) is 0. The molecule has 0 aliphatic rings. The molecule has 0 heterocycles. The second-order valence-electron chi connectivity index (χ2n) is 2.22. The summed E-state index contributed by atoms with van der Waals surface area (Å²) >= 11 is 5.66. The Kier molecular flexibility index (Phi) is 3.81. The van der Waals surface area contributed by atoms with Gasteiger partial charge in [-0.05, 0) is 39.8 Å². The van der Waals surface area contributed by atoms with Gasteiger partial charge in [-0.25, -0.2) is 0 Å². The molecule has 0 spiro atoms. The highest BCUT2D eigenvalue weighted by Crippen LogP contribution is 2.16. The van der Waals surface area contributed by atoms with E-state index in [-0.39, 0.29) is 6.61 Å². The van der Waals surface area contributed by atoms with Gasteiger partial charge in [-0.1, -0.05) is 28.1 Å². The van der Waals surface area contributed by atoms with Crippen LogP contribution in [0.2, 0.25) is 0 Å². The maximum absolute atomic E-state index is 8.81. The molecule has 3 heteroatoms. The second kappa shape index (κ2) is 4.42. The van der Waals surface area contributed by atoms with Crippen LogP contribution in [0.3, 0.4) is 0 Å². The molecule has 0 amide bonds. The van der Waals surface area contributed by atoms with Crippen molar-refractivity contribution in [2.75, 3.05) is 0 Å². The Hall–Kier alpha value is 0.390. The molecule has 0 radical (unpaired) electrons. The largest absolute Gasteiger partial charge is 0.392 e. The van der Waals surface area contributed by atoms with Crippen LogP contribution in [0.15, 0.2) is 18.2 Å². The van der Waals surface area contributed by atoms with Gasteiger partial charge >= 0.3 is 0 Å². The number of aliphatic hydroxyl groups excluding tert-OH is 1. The Bertz CT molecular complexity index is 250. The van der Waals surface area contributed by atoms with E-state index in [4.69, 9.17) is 5.11 Å². The van der Waals surface area contributed by atoms with Gasteiger partial charge in [0.1, 0.15) is 0 Å². The minimum Gasteiger partial charge on any atom is -0.392 e. The molecule has 0 aliphatic carbocycles. The summed E-state index contributed by atoms with van der Waals surface area (Å²) in [5, 5.41) is 9.68. The van der Waals surface area contributed by atoms with E-state index in [2.05, 4.69) is 38.5 Å². The molecule has 1 nitrogen and oxygen atoms in total. The summed E-state index contributed by atoms with van der Waals surface area (Å²) in [5.41, 5.74) is 2.24. The van der Waals surface area contributed by atoms with E-state index >= 15 is 0 Å². The fourth-order valence-corrected chi connectivity index (χ4v) is 2.58. The molecular formula is C8H8BrIO. The van der Waals surface area contributed by atoms with Gasteiger partial charge in [0, 0.05) is 8.90 Å². The van der Waals surface area contributed by atoms with Crippen molar-refractivity contribution in [2.24, 2.45) is 0 Å². The maximum atomic E-state index is 8.81. The fraction of sp³-hybridized carbons (Fsp3) is 0.250. The van der Waals surface area contributed by atoms with E-state index in [1.165, 1.54) is 9.13 Å².